The molecule has 118 valence electrons. The van der Waals surface area contributed by atoms with E-state index in [9.17, 15) is 4.79 Å². The van der Waals surface area contributed by atoms with E-state index in [2.05, 4.69) is 15.3 Å². The molecule has 0 bridgehead atoms. The highest BCUT2D eigenvalue weighted by atomic mass is 16.5. The zero-order chi connectivity index (χ0) is 15.8. The van der Waals surface area contributed by atoms with E-state index >= 15 is 0 Å². The molecule has 0 saturated heterocycles. The number of nitrogens with zero attached hydrogens (tertiary/aromatic N) is 3. The van der Waals surface area contributed by atoms with Crippen LogP contribution in [-0.2, 0) is 11.3 Å². The third-order valence-electron chi connectivity index (χ3n) is 3.28. The van der Waals surface area contributed by atoms with E-state index in [1.165, 1.54) is 20.5 Å². The third-order valence-corrected chi connectivity index (χ3v) is 3.28. The molecule has 0 aliphatic carbocycles. The van der Waals surface area contributed by atoms with Crippen LogP contribution in [0, 0.1) is 0 Å². The van der Waals surface area contributed by atoms with Gasteiger partial charge in [0, 0.05) is 19.6 Å². The van der Waals surface area contributed by atoms with Crippen LogP contribution in [0.5, 0.6) is 11.8 Å². The van der Waals surface area contributed by atoms with Crippen LogP contribution in [0.2, 0.25) is 0 Å². The Morgan fingerprint density at radius 2 is 1.76 bits per heavy atom. The number of methoxy groups -OCH3 is 2. The predicted octanol–water partition coefficient (Wildman–Crippen LogP) is 0.840. The summed E-state index contributed by atoms with van der Waals surface area (Å²) in [6.45, 7) is 7.55. The first kappa shape index (κ1) is 17.2. The SMILES string of the molecule is CCN(CC)C(=O)C(C)NCc1c(OC)ncnc1OC. The number of ether oxygens (including phenoxy) is 2. The maximum Gasteiger partial charge on any atom is 0.239 e. The smallest absolute Gasteiger partial charge is 0.239 e. The molecule has 0 spiro atoms. The topological polar surface area (TPSA) is 76.6 Å². The van der Waals surface area contributed by atoms with Crippen LogP contribution in [0.3, 0.4) is 0 Å². The molecule has 0 saturated carbocycles. The molecular weight excluding hydrogens is 272 g/mol. The van der Waals surface area contributed by atoms with Gasteiger partial charge in [0.1, 0.15) is 6.33 Å². The summed E-state index contributed by atoms with van der Waals surface area (Å²) >= 11 is 0. The van der Waals surface area contributed by atoms with Gasteiger partial charge in [0.15, 0.2) is 0 Å². The third kappa shape index (κ3) is 4.29. The molecule has 1 N–H and O–H groups in total. The van der Waals surface area contributed by atoms with Crippen molar-refractivity contribution in [2.75, 3.05) is 27.3 Å². The molecular formula is C14H24N4O3. The Labute approximate surface area is 125 Å². The highest BCUT2D eigenvalue weighted by Crippen LogP contribution is 2.23. The van der Waals surface area contributed by atoms with Crippen molar-refractivity contribution in [1.29, 1.82) is 0 Å². The summed E-state index contributed by atoms with van der Waals surface area (Å²) in [5.74, 6) is 0.948. The maximum atomic E-state index is 12.2. The molecule has 0 aliphatic heterocycles. The van der Waals surface area contributed by atoms with Gasteiger partial charge in [0.2, 0.25) is 17.7 Å². The molecule has 1 aromatic heterocycles. The molecule has 0 aromatic carbocycles. The lowest BCUT2D eigenvalue weighted by Gasteiger charge is -2.23. The van der Waals surface area contributed by atoms with Crippen molar-refractivity contribution < 1.29 is 14.3 Å². The average molecular weight is 296 g/mol. The summed E-state index contributed by atoms with van der Waals surface area (Å²) in [4.78, 5) is 22.1. The minimum Gasteiger partial charge on any atom is -0.481 e. The molecule has 1 amide bonds. The van der Waals surface area contributed by atoms with E-state index in [0.717, 1.165) is 0 Å². The van der Waals surface area contributed by atoms with E-state index in [1.54, 1.807) is 4.90 Å². The van der Waals surface area contributed by atoms with Gasteiger partial charge in [0.25, 0.3) is 0 Å². The maximum absolute atomic E-state index is 12.2. The summed E-state index contributed by atoms with van der Waals surface area (Å²) in [6.07, 6.45) is 1.38. The van der Waals surface area contributed by atoms with E-state index in [4.69, 9.17) is 9.47 Å². The van der Waals surface area contributed by atoms with Crippen molar-refractivity contribution in [3.05, 3.63) is 11.9 Å². The summed E-state index contributed by atoms with van der Waals surface area (Å²) in [6, 6.07) is -0.306. The van der Waals surface area contributed by atoms with Crippen molar-refractivity contribution >= 4 is 5.91 Å². The van der Waals surface area contributed by atoms with Gasteiger partial charge in [-0.15, -0.1) is 0 Å². The molecule has 0 aliphatic rings. The molecule has 7 heteroatoms. The number of aromatic nitrogens is 2. The van der Waals surface area contributed by atoms with Gasteiger partial charge in [0.05, 0.1) is 25.8 Å². The molecule has 0 radical (unpaired) electrons. The average Bonchev–Trinajstić information content (AvgIpc) is 2.52. The Hall–Kier alpha value is -1.89. The summed E-state index contributed by atoms with van der Waals surface area (Å²) < 4.78 is 10.4. The van der Waals surface area contributed by atoms with Crippen LogP contribution in [0.4, 0.5) is 0 Å². The minimum atomic E-state index is -0.306. The second-order valence-corrected chi connectivity index (χ2v) is 4.48. The van der Waals surface area contributed by atoms with Gasteiger partial charge in [-0.3, -0.25) is 4.79 Å². The minimum absolute atomic E-state index is 0.0646. The van der Waals surface area contributed by atoms with Crippen molar-refractivity contribution in [3.63, 3.8) is 0 Å². The molecule has 0 fully saturated rings. The molecule has 1 aromatic rings. The number of nitrogens with one attached hydrogen (secondary N) is 1. The Balaban J connectivity index is 2.77. The zero-order valence-corrected chi connectivity index (χ0v) is 13.3. The van der Waals surface area contributed by atoms with E-state index in [1.807, 2.05) is 20.8 Å². The van der Waals surface area contributed by atoms with E-state index < -0.39 is 0 Å². The van der Waals surface area contributed by atoms with E-state index in [0.29, 0.717) is 37.0 Å². The number of hydrogen-bond acceptors (Lipinski definition) is 6. The second kappa shape index (κ2) is 8.41. The number of likely N-dealkylation sites (N-methyl/N-ethyl adjacent to an activating group) is 1. The first-order chi connectivity index (χ1) is 10.1. The molecule has 1 rings (SSSR count). The quantitative estimate of drug-likeness (QED) is 0.766. The van der Waals surface area contributed by atoms with Crippen molar-refractivity contribution in [1.82, 2.24) is 20.2 Å². The van der Waals surface area contributed by atoms with E-state index in [-0.39, 0.29) is 11.9 Å². The monoisotopic (exact) mass is 296 g/mol. The lowest BCUT2D eigenvalue weighted by atomic mass is 10.2. The summed E-state index contributed by atoms with van der Waals surface area (Å²) in [5, 5.41) is 3.17. The predicted molar refractivity (Wildman–Crippen MR) is 79.4 cm³/mol. The molecule has 1 heterocycles. The van der Waals surface area contributed by atoms with Crippen LogP contribution in [0.15, 0.2) is 6.33 Å². The lowest BCUT2D eigenvalue weighted by Crippen LogP contribution is -2.44. The largest absolute Gasteiger partial charge is 0.481 e. The Morgan fingerprint density at radius 3 is 2.19 bits per heavy atom. The number of amides is 1. The Bertz CT molecular complexity index is 441. The normalized spacial score (nSPS) is 11.9. The van der Waals surface area contributed by atoms with Crippen molar-refractivity contribution in [2.45, 2.75) is 33.4 Å². The second-order valence-electron chi connectivity index (χ2n) is 4.48. The first-order valence-electron chi connectivity index (χ1n) is 7.02. The van der Waals surface area contributed by atoms with Gasteiger partial charge >= 0.3 is 0 Å². The number of carbonyl (C=O) groups is 1. The molecule has 1 unspecified atom stereocenters. The molecule has 21 heavy (non-hydrogen) atoms. The highest BCUT2D eigenvalue weighted by molar-refractivity contribution is 5.81. The molecule has 7 nitrogen and oxygen atoms in total. The van der Waals surface area contributed by atoms with Crippen molar-refractivity contribution in [3.8, 4) is 11.8 Å². The van der Waals surface area contributed by atoms with Gasteiger partial charge in [-0.25, -0.2) is 9.97 Å². The van der Waals surface area contributed by atoms with Crippen LogP contribution in [-0.4, -0.2) is 54.1 Å². The summed E-state index contributed by atoms with van der Waals surface area (Å²) in [5.41, 5.74) is 0.696. The van der Waals surface area contributed by atoms with Gasteiger partial charge < -0.3 is 19.7 Å². The van der Waals surface area contributed by atoms with Crippen LogP contribution in [0.1, 0.15) is 26.3 Å². The van der Waals surface area contributed by atoms with Crippen LogP contribution in [0.25, 0.3) is 0 Å². The fourth-order valence-corrected chi connectivity index (χ4v) is 2.04. The van der Waals surface area contributed by atoms with Crippen molar-refractivity contribution in [2.24, 2.45) is 0 Å². The zero-order valence-electron chi connectivity index (χ0n) is 13.3. The van der Waals surface area contributed by atoms with Gasteiger partial charge in [-0.2, -0.15) is 0 Å². The standard InChI is InChI=1S/C14H24N4O3/c1-6-18(7-2)14(19)10(3)15-8-11-12(20-4)16-9-17-13(11)21-5/h9-10,15H,6-8H2,1-5H3. The van der Waals surface area contributed by atoms with Crippen LogP contribution < -0.4 is 14.8 Å². The Kier molecular flexibility index (Phi) is 6.87. The fraction of sp³-hybridized carbons (Fsp3) is 0.643. The number of hydrogen-bond donors (Lipinski definition) is 1. The number of carbonyl (C=O) groups excluding carboxylic acids is 1. The molecule has 1 atom stereocenters. The highest BCUT2D eigenvalue weighted by Gasteiger charge is 2.20. The number of rotatable bonds is 8. The van der Waals surface area contributed by atoms with Gasteiger partial charge in [-0.05, 0) is 20.8 Å². The lowest BCUT2D eigenvalue weighted by molar-refractivity contribution is -0.132. The first-order valence-corrected chi connectivity index (χ1v) is 7.02. The van der Waals surface area contributed by atoms with Gasteiger partial charge in [-0.1, -0.05) is 0 Å². The fourth-order valence-electron chi connectivity index (χ4n) is 2.04. The van der Waals surface area contributed by atoms with Crippen LogP contribution >= 0.6 is 0 Å². The Morgan fingerprint density at radius 1 is 1.24 bits per heavy atom. The summed E-state index contributed by atoms with van der Waals surface area (Å²) in [7, 11) is 3.07.